The smallest absolute Gasteiger partial charge is 0.138 e. The summed E-state index contributed by atoms with van der Waals surface area (Å²) in [6, 6.07) is 4.90. The van der Waals surface area contributed by atoms with Gasteiger partial charge in [-0.15, -0.1) is 0 Å². The molecule has 0 aromatic heterocycles. The van der Waals surface area contributed by atoms with Crippen LogP contribution in [0.1, 0.15) is 6.92 Å². The maximum atomic E-state index is 9.63. The minimum atomic E-state index is -0.671. The Labute approximate surface area is 116 Å². The van der Waals surface area contributed by atoms with Crippen molar-refractivity contribution in [2.24, 2.45) is 0 Å². The summed E-state index contributed by atoms with van der Waals surface area (Å²) in [5.74, 6) is 0.482. The molecule has 6 heteroatoms. The minimum Gasteiger partial charge on any atom is -0.489 e. The molecule has 0 heterocycles. The van der Waals surface area contributed by atoms with Gasteiger partial charge in [-0.2, -0.15) is 0 Å². The predicted octanol–water partition coefficient (Wildman–Crippen LogP) is 1.70. The van der Waals surface area contributed by atoms with E-state index in [1.807, 2.05) is 0 Å². The molecule has 1 rings (SSSR count). The van der Waals surface area contributed by atoms with Crippen LogP contribution in [0, 0.1) is 0 Å². The summed E-state index contributed by atoms with van der Waals surface area (Å²) in [4.78, 5) is 0. The summed E-state index contributed by atoms with van der Waals surface area (Å²) in [7, 11) is 0. The van der Waals surface area contributed by atoms with Crippen molar-refractivity contribution < 1.29 is 14.9 Å². The van der Waals surface area contributed by atoms with E-state index in [-0.39, 0.29) is 6.61 Å². The fourth-order valence-corrected chi connectivity index (χ4v) is 1.76. The highest BCUT2D eigenvalue weighted by Crippen LogP contribution is 2.27. The number of benzene rings is 1. The Morgan fingerprint density at radius 2 is 2.00 bits per heavy atom. The third-order valence-corrected chi connectivity index (χ3v) is 2.68. The van der Waals surface area contributed by atoms with Gasteiger partial charge < -0.3 is 20.3 Å². The lowest BCUT2D eigenvalue weighted by Crippen LogP contribution is -2.35. The molecule has 0 aliphatic heterocycles. The molecule has 0 aliphatic carbocycles. The molecular formula is C12H17Cl2NO3. The quantitative estimate of drug-likeness (QED) is 0.716. The summed E-state index contributed by atoms with van der Waals surface area (Å²) in [5, 5.41) is 22.5. The molecule has 0 saturated heterocycles. The number of ether oxygens (including phenoxy) is 1. The van der Waals surface area contributed by atoms with Crippen LogP contribution in [0.15, 0.2) is 18.2 Å². The Kier molecular flexibility index (Phi) is 6.75. The van der Waals surface area contributed by atoms with E-state index in [9.17, 15) is 5.11 Å². The lowest BCUT2D eigenvalue weighted by molar-refractivity contribution is 0.101. The van der Waals surface area contributed by atoms with Crippen LogP contribution in [0.4, 0.5) is 0 Å². The SMILES string of the molecule is CC(O)CNCC(O)COc1ccc(Cl)cc1Cl. The van der Waals surface area contributed by atoms with E-state index in [1.165, 1.54) is 0 Å². The average Bonchev–Trinajstić information content (AvgIpc) is 2.27. The zero-order chi connectivity index (χ0) is 13.5. The fraction of sp³-hybridized carbons (Fsp3) is 0.500. The largest absolute Gasteiger partial charge is 0.489 e. The van der Waals surface area contributed by atoms with Crippen LogP contribution in [0.5, 0.6) is 5.75 Å². The predicted molar refractivity (Wildman–Crippen MR) is 72.5 cm³/mol. The Morgan fingerprint density at radius 3 is 2.61 bits per heavy atom. The molecule has 102 valence electrons. The van der Waals surface area contributed by atoms with Gasteiger partial charge in [0.15, 0.2) is 0 Å². The van der Waals surface area contributed by atoms with E-state index in [0.29, 0.717) is 28.9 Å². The molecule has 18 heavy (non-hydrogen) atoms. The molecule has 0 amide bonds. The van der Waals surface area contributed by atoms with Crippen molar-refractivity contribution in [3.05, 3.63) is 28.2 Å². The summed E-state index contributed by atoms with van der Waals surface area (Å²) in [5.41, 5.74) is 0. The van der Waals surface area contributed by atoms with Crippen LogP contribution < -0.4 is 10.1 Å². The molecule has 1 aromatic carbocycles. The molecule has 2 atom stereocenters. The number of aliphatic hydroxyl groups excluding tert-OH is 2. The first-order chi connectivity index (χ1) is 8.49. The van der Waals surface area contributed by atoms with Gasteiger partial charge in [-0.05, 0) is 25.1 Å². The number of nitrogens with one attached hydrogen (secondary N) is 1. The topological polar surface area (TPSA) is 61.7 Å². The van der Waals surface area contributed by atoms with Crippen molar-refractivity contribution in [2.75, 3.05) is 19.7 Å². The molecule has 0 fully saturated rings. The molecule has 0 saturated carbocycles. The van der Waals surface area contributed by atoms with Crippen molar-refractivity contribution in [3.8, 4) is 5.75 Å². The van der Waals surface area contributed by atoms with Crippen LogP contribution in [0.25, 0.3) is 0 Å². The number of hydrogen-bond acceptors (Lipinski definition) is 4. The molecule has 2 unspecified atom stereocenters. The van der Waals surface area contributed by atoms with Gasteiger partial charge in [-0.25, -0.2) is 0 Å². The van der Waals surface area contributed by atoms with Crippen LogP contribution in [0.2, 0.25) is 10.0 Å². The van der Waals surface area contributed by atoms with E-state index in [2.05, 4.69) is 5.32 Å². The average molecular weight is 294 g/mol. The maximum Gasteiger partial charge on any atom is 0.138 e. The lowest BCUT2D eigenvalue weighted by Gasteiger charge is -2.14. The van der Waals surface area contributed by atoms with Gasteiger partial charge >= 0.3 is 0 Å². The minimum absolute atomic E-state index is 0.119. The van der Waals surface area contributed by atoms with Gasteiger partial charge in [0, 0.05) is 18.1 Å². The molecular weight excluding hydrogens is 277 g/mol. The molecule has 0 radical (unpaired) electrons. The summed E-state index contributed by atoms with van der Waals surface area (Å²) < 4.78 is 5.37. The normalized spacial score (nSPS) is 14.3. The number of rotatable bonds is 7. The van der Waals surface area contributed by atoms with Gasteiger partial charge in [0.2, 0.25) is 0 Å². The van der Waals surface area contributed by atoms with Gasteiger partial charge in [0.1, 0.15) is 18.5 Å². The Bertz CT molecular complexity index is 374. The highest BCUT2D eigenvalue weighted by Gasteiger charge is 2.08. The Hall–Kier alpha value is -0.520. The second-order valence-corrected chi connectivity index (χ2v) is 4.89. The van der Waals surface area contributed by atoms with E-state index < -0.39 is 12.2 Å². The molecule has 0 aliphatic rings. The monoisotopic (exact) mass is 293 g/mol. The van der Waals surface area contributed by atoms with E-state index >= 15 is 0 Å². The second kappa shape index (κ2) is 7.81. The third-order valence-electron chi connectivity index (χ3n) is 2.14. The van der Waals surface area contributed by atoms with Crippen molar-refractivity contribution in [1.82, 2.24) is 5.32 Å². The number of hydrogen-bond donors (Lipinski definition) is 3. The first-order valence-corrected chi connectivity index (χ1v) is 6.39. The first kappa shape index (κ1) is 15.5. The molecule has 3 N–H and O–H groups in total. The highest BCUT2D eigenvalue weighted by molar-refractivity contribution is 6.35. The van der Waals surface area contributed by atoms with Gasteiger partial charge in [0.25, 0.3) is 0 Å². The lowest BCUT2D eigenvalue weighted by atomic mass is 10.3. The standard InChI is InChI=1S/C12H17Cl2NO3/c1-8(16)5-15-6-10(17)7-18-12-3-2-9(13)4-11(12)14/h2-4,8,10,15-17H,5-7H2,1H3. The van der Waals surface area contributed by atoms with Gasteiger partial charge in [-0.1, -0.05) is 23.2 Å². The van der Waals surface area contributed by atoms with Crippen molar-refractivity contribution >= 4 is 23.2 Å². The molecule has 0 spiro atoms. The van der Waals surface area contributed by atoms with Crippen LogP contribution in [-0.2, 0) is 0 Å². The number of aliphatic hydroxyl groups is 2. The zero-order valence-corrected chi connectivity index (χ0v) is 11.6. The summed E-state index contributed by atoms with van der Waals surface area (Å²) in [6.45, 7) is 2.56. The fourth-order valence-electron chi connectivity index (χ4n) is 1.30. The second-order valence-electron chi connectivity index (χ2n) is 4.05. The van der Waals surface area contributed by atoms with E-state index in [0.717, 1.165) is 0 Å². The van der Waals surface area contributed by atoms with Gasteiger partial charge in [-0.3, -0.25) is 0 Å². The van der Waals surface area contributed by atoms with Crippen molar-refractivity contribution in [3.63, 3.8) is 0 Å². The first-order valence-electron chi connectivity index (χ1n) is 5.63. The van der Waals surface area contributed by atoms with Gasteiger partial charge in [0.05, 0.1) is 11.1 Å². The van der Waals surface area contributed by atoms with E-state index in [1.54, 1.807) is 25.1 Å². The van der Waals surface area contributed by atoms with Crippen LogP contribution in [-0.4, -0.2) is 42.1 Å². The molecule has 1 aromatic rings. The Balaban J connectivity index is 2.31. The highest BCUT2D eigenvalue weighted by atomic mass is 35.5. The van der Waals surface area contributed by atoms with Crippen LogP contribution in [0.3, 0.4) is 0 Å². The van der Waals surface area contributed by atoms with Crippen LogP contribution >= 0.6 is 23.2 Å². The maximum absolute atomic E-state index is 9.63. The zero-order valence-electron chi connectivity index (χ0n) is 10.1. The molecule has 4 nitrogen and oxygen atoms in total. The number of halogens is 2. The summed E-state index contributed by atoms with van der Waals surface area (Å²) >= 11 is 11.7. The third kappa shape index (κ3) is 5.89. The van der Waals surface area contributed by atoms with Crippen molar-refractivity contribution in [2.45, 2.75) is 19.1 Å². The van der Waals surface area contributed by atoms with E-state index in [4.69, 9.17) is 33.0 Å². The Morgan fingerprint density at radius 1 is 1.28 bits per heavy atom. The van der Waals surface area contributed by atoms with Crippen molar-refractivity contribution in [1.29, 1.82) is 0 Å². The molecule has 0 bridgehead atoms. The summed E-state index contributed by atoms with van der Waals surface area (Å²) in [6.07, 6.45) is -1.11.